The largest absolute Gasteiger partial charge is 0.462 e. The van der Waals surface area contributed by atoms with Crippen molar-refractivity contribution in [2.75, 3.05) is 11.9 Å². The first-order valence-electron chi connectivity index (χ1n) is 8.12. The van der Waals surface area contributed by atoms with Crippen LogP contribution in [0, 0.1) is 6.92 Å². The molecule has 0 aliphatic carbocycles. The van der Waals surface area contributed by atoms with Gasteiger partial charge < -0.3 is 10.1 Å². The molecule has 2 heterocycles. The van der Waals surface area contributed by atoms with Gasteiger partial charge in [-0.2, -0.15) is 5.10 Å². The number of nitrogens with zero attached hydrogens (tertiary/aromatic N) is 2. The van der Waals surface area contributed by atoms with Crippen LogP contribution in [0.5, 0.6) is 0 Å². The molecule has 136 valence electrons. The van der Waals surface area contributed by atoms with Crippen LogP contribution in [-0.2, 0) is 11.8 Å². The van der Waals surface area contributed by atoms with Gasteiger partial charge in [-0.3, -0.25) is 9.48 Å². The molecular weight excluding hydrogens is 418 g/mol. The highest BCUT2D eigenvalue weighted by Crippen LogP contribution is 2.29. The minimum Gasteiger partial charge on any atom is -0.462 e. The lowest BCUT2D eigenvalue weighted by Gasteiger charge is -2.11. The zero-order chi connectivity index (χ0) is 18.8. The summed E-state index contributed by atoms with van der Waals surface area (Å²) in [6.45, 7) is 4.17. The third-order valence-electron chi connectivity index (χ3n) is 3.81. The van der Waals surface area contributed by atoms with Gasteiger partial charge >= 0.3 is 5.97 Å². The molecule has 1 aromatic carbocycles. The fraction of sp³-hybridized carbons (Fsp3) is 0.278. The predicted octanol–water partition coefficient (Wildman–Crippen LogP) is 4.52. The Hall–Kier alpha value is -2.19. The standard InChI is InChI=1S/C18H18BrN3O3S/c1-4-7-25-18(24)13-8-11(19)5-6-14(13)20-16(23)15-9-12-10(2)21-22(3)17(12)26-15/h5-6,8-9H,4,7H2,1-3H3,(H,20,23). The maximum atomic E-state index is 12.7. The Morgan fingerprint density at radius 2 is 2.12 bits per heavy atom. The number of carbonyl (C=O) groups excluding carboxylic acids is 2. The van der Waals surface area contributed by atoms with Gasteiger partial charge in [0, 0.05) is 16.9 Å². The van der Waals surface area contributed by atoms with Crippen LogP contribution >= 0.6 is 27.3 Å². The van der Waals surface area contributed by atoms with E-state index in [0.717, 1.165) is 26.8 Å². The summed E-state index contributed by atoms with van der Waals surface area (Å²) in [6.07, 6.45) is 0.733. The van der Waals surface area contributed by atoms with Crippen LogP contribution in [0.15, 0.2) is 28.7 Å². The summed E-state index contributed by atoms with van der Waals surface area (Å²) in [6, 6.07) is 6.92. The minimum absolute atomic E-state index is 0.266. The van der Waals surface area contributed by atoms with E-state index < -0.39 is 5.97 Å². The molecule has 0 fully saturated rings. The van der Waals surface area contributed by atoms with Crippen LogP contribution in [0.1, 0.15) is 39.1 Å². The van der Waals surface area contributed by atoms with Crippen molar-refractivity contribution in [1.29, 1.82) is 0 Å². The second-order valence-electron chi connectivity index (χ2n) is 5.82. The van der Waals surface area contributed by atoms with Crippen molar-refractivity contribution in [3.8, 4) is 0 Å². The average Bonchev–Trinajstić information content (AvgIpc) is 3.16. The van der Waals surface area contributed by atoms with E-state index in [1.807, 2.05) is 27.0 Å². The number of rotatable bonds is 5. The summed E-state index contributed by atoms with van der Waals surface area (Å²) in [5.41, 5.74) is 1.62. The number of ether oxygens (including phenoxy) is 1. The van der Waals surface area contributed by atoms with Gasteiger partial charge in [0.25, 0.3) is 5.91 Å². The van der Waals surface area contributed by atoms with Crippen molar-refractivity contribution in [1.82, 2.24) is 9.78 Å². The molecule has 0 saturated heterocycles. The Bertz CT molecular complexity index is 959. The second kappa shape index (κ2) is 7.59. The van der Waals surface area contributed by atoms with Crippen LogP contribution in [-0.4, -0.2) is 28.3 Å². The number of esters is 1. The van der Waals surface area contributed by atoms with Gasteiger partial charge in [-0.05, 0) is 37.6 Å². The predicted molar refractivity (Wildman–Crippen MR) is 106 cm³/mol. The molecule has 0 aliphatic rings. The third kappa shape index (κ3) is 3.66. The second-order valence-corrected chi connectivity index (χ2v) is 7.76. The first-order valence-corrected chi connectivity index (χ1v) is 9.72. The molecule has 8 heteroatoms. The molecule has 0 aliphatic heterocycles. The van der Waals surface area contributed by atoms with Crippen molar-refractivity contribution in [2.45, 2.75) is 20.3 Å². The van der Waals surface area contributed by atoms with Crippen LogP contribution in [0.25, 0.3) is 10.2 Å². The van der Waals surface area contributed by atoms with Gasteiger partial charge in [0.05, 0.1) is 28.4 Å². The van der Waals surface area contributed by atoms with E-state index in [1.165, 1.54) is 11.3 Å². The van der Waals surface area contributed by atoms with E-state index in [2.05, 4.69) is 26.3 Å². The number of halogens is 1. The van der Waals surface area contributed by atoms with Crippen LogP contribution in [0.3, 0.4) is 0 Å². The number of hydrogen-bond acceptors (Lipinski definition) is 5. The van der Waals surface area contributed by atoms with Crippen LogP contribution in [0.2, 0.25) is 0 Å². The van der Waals surface area contributed by atoms with Crippen molar-refractivity contribution in [3.05, 3.63) is 44.9 Å². The lowest BCUT2D eigenvalue weighted by Crippen LogP contribution is -2.15. The Morgan fingerprint density at radius 3 is 2.81 bits per heavy atom. The smallest absolute Gasteiger partial charge is 0.340 e. The van der Waals surface area contributed by atoms with Crippen molar-refractivity contribution < 1.29 is 14.3 Å². The molecule has 0 radical (unpaired) electrons. The van der Waals surface area contributed by atoms with Crippen molar-refractivity contribution >= 4 is 55.0 Å². The molecule has 26 heavy (non-hydrogen) atoms. The van der Waals surface area contributed by atoms with Crippen LogP contribution < -0.4 is 5.32 Å². The number of fused-ring (bicyclic) bond motifs is 1. The van der Waals surface area contributed by atoms with Gasteiger partial charge in [-0.25, -0.2) is 4.79 Å². The number of aromatic nitrogens is 2. The first-order chi connectivity index (χ1) is 12.4. The van der Waals surface area contributed by atoms with Gasteiger partial charge in [-0.1, -0.05) is 22.9 Å². The monoisotopic (exact) mass is 435 g/mol. The number of thiophene rings is 1. The van der Waals surface area contributed by atoms with Gasteiger partial charge in [0.1, 0.15) is 4.83 Å². The molecule has 2 aromatic heterocycles. The number of nitrogens with one attached hydrogen (secondary N) is 1. The van der Waals surface area contributed by atoms with Crippen LogP contribution in [0.4, 0.5) is 5.69 Å². The number of hydrogen-bond donors (Lipinski definition) is 1. The van der Waals surface area contributed by atoms with E-state index in [-0.39, 0.29) is 5.91 Å². The summed E-state index contributed by atoms with van der Waals surface area (Å²) in [4.78, 5) is 26.5. The highest BCUT2D eigenvalue weighted by Gasteiger charge is 2.19. The third-order valence-corrected chi connectivity index (χ3v) is 5.50. The summed E-state index contributed by atoms with van der Waals surface area (Å²) in [5, 5.41) is 8.12. The van der Waals surface area contributed by atoms with E-state index in [4.69, 9.17) is 4.74 Å². The van der Waals surface area contributed by atoms with E-state index in [0.29, 0.717) is 22.7 Å². The molecule has 0 spiro atoms. The molecule has 3 aromatic rings. The Morgan fingerprint density at radius 1 is 1.35 bits per heavy atom. The number of amides is 1. The van der Waals surface area contributed by atoms with Crippen molar-refractivity contribution in [3.63, 3.8) is 0 Å². The maximum absolute atomic E-state index is 12.7. The molecule has 1 amide bonds. The Balaban J connectivity index is 1.88. The summed E-state index contributed by atoms with van der Waals surface area (Å²) in [7, 11) is 1.85. The maximum Gasteiger partial charge on any atom is 0.340 e. The highest BCUT2D eigenvalue weighted by molar-refractivity contribution is 9.10. The Kier molecular flexibility index (Phi) is 5.43. The van der Waals surface area contributed by atoms with E-state index in [1.54, 1.807) is 22.9 Å². The van der Waals surface area contributed by atoms with Gasteiger partial charge in [-0.15, -0.1) is 11.3 Å². The summed E-state index contributed by atoms with van der Waals surface area (Å²) >= 11 is 4.72. The van der Waals surface area contributed by atoms with E-state index in [9.17, 15) is 9.59 Å². The average molecular weight is 436 g/mol. The zero-order valence-electron chi connectivity index (χ0n) is 14.6. The topological polar surface area (TPSA) is 73.2 Å². The molecule has 0 bridgehead atoms. The quantitative estimate of drug-likeness (QED) is 0.597. The fourth-order valence-corrected chi connectivity index (χ4v) is 3.95. The lowest BCUT2D eigenvalue weighted by molar-refractivity contribution is 0.0506. The molecule has 3 rings (SSSR count). The van der Waals surface area contributed by atoms with Gasteiger partial charge in [0.15, 0.2) is 0 Å². The number of aryl methyl sites for hydroxylation is 2. The molecule has 0 saturated carbocycles. The van der Waals surface area contributed by atoms with E-state index >= 15 is 0 Å². The van der Waals surface area contributed by atoms with Gasteiger partial charge in [0.2, 0.25) is 0 Å². The Labute approximate surface area is 163 Å². The zero-order valence-corrected chi connectivity index (χ0v) is 17.0. The minimum atomic E-state index is -0.458. The summed E-state index contributed by atoms with van der Waals surface area (Å²) < 4.78 is 7.71. The highest BCUT2D eigenvalue weighted by atomic mass is 79.9. The molecule has 0 unspecified atom stereocenters. The molecular formula is C18H18BrN3O3S. The normalized spacial score (nSPS) is 10.9. The molecule has 6 nitrogen and oxygen atoms in total. The fourth-order valence-electron chi connectivity index (χ4n) is 2.57. The molecule has 0 atom stereocenters. The SMILES string of the molecule is CCCOC(=O)c1cc(Br)ccc1NC(=O)c1cc2c(C)nn(C)c2s1. The lowest BCUT2D eigenvalue weighted by atomic mass is 10.1. The van der Waals surface area contributed by atoms with Crippen molar-refractivity contribution in [2.24, 2.45) is 7.05 Å². The number of benzene rings is 1. The first kappa shape index (κ1) is 18.6. The molecule has 1 N–H and O–H groups in total. The number of anilines is 1. The summed E-state index contributed by atoms with van der Waals surface area (Å²) in [5.74, 6) is -0.725. The number of carbonyl (C=O) groups is 2.